The highest BCUT2D eigenvalue weighted by Crippen LogP contribution is 2.30. The first-order valence-corrected chi connectivity index (χ1v) is 9.57. The van der Waals surface area contributed by atoms with Crippen LogP contribution in [0.2, 0.25) is 0 Å². The summed E-state index contributed by atoms with van der Waals surface area (Å²) in [6.45, 7) is 1.46. The Morgan fingerprint density at radius 1 is 0.966 bits per heavy atom. The molecule has 0 radical (unpaired) electrons. The Balaban J connectivity index is 1.44. The van der Waals surface area contributed by atoms with Crippen molar-refractivity contribution in [1.82, 2.24) is 5.32 Å². The SMILES string of the molecule is N#Cc1ccc(Oc2cccc(NC(=O)[C@H]3CNCC3c3ccccc3)c2)cc1. The molecule has 0 aliphatic carbocycles. The number of hydrogen-bond acceptors (Lipinski definition) is 4. The van der Waals surface area contributed by atoms with E-state index in [4.69, 9.17) is 10.00 Å². The Labute approximate surface area is 169 Å². The van der Waals surface area contributed by atoms with E-state index in [-0.39, 0.29) is 17.7 Å². The van der Waals surface area contributed by atoms with E-state index < -0.39 is 0 Å². The average Bonchev–Trinajstić information content (AvgIpc) is 3.25. The van der Waals surface area contributed by atoms with Gasteiger partial charge in [0.25, 0.3) is 0 Å². The zero-order chi connectivity index (χ0) is 20.1. The summed E-state index contributed by atoms with van der Waals surface area (Å²) in [6.07, 6.45) is 0. The highest BCUT2D eigenvalue weighted by molar-refractivity contribution is 5.93. The van der Waals surface area contributed by atoms with Gasteiger partial charge in [0.2, 0.25) is 5.91 Å². The molecule has 0 bridgehead atoms. The summed E-state index contributed by atoms with van der Waals surface area (Å²) in [5, 5.41) is 15.2. The second kappa shape index (κ2) is 8.59. The van der Waals surface area contributed by atoms with Gasteiger partial charge in [-0.05, 0) is 42.0 Å². The van der Waals surface area contributed by atoms with Crippen LogP contribution < -0.4 is 15.4 Å². The first-order valence-electron chi connectivity index (χ1n) is 9.57. The maximum Gasteiger partial charge on any atom is 0.229 e. The Bertz CT molecular complexity index is 1030. The van der Waals surface area contributed by atoms with E-state index in [2.05, 4.69) is 28.8 Å². The summed E-state index contributed by atoms with van der Waals surface area (Å²) < 4.78 is 5.84. The molecule has 4 rings (SSSR count). The molecule has 3 aromatic rings. The van der Waals surface area contributed by atoms with Crippen LogP contribution in [-0.2, 0) is 4.79 Å². The van der Waals surface area contributed by atoms with Gasteiger partial charge in [-0.3, -0.25) is 4.79 Å². The molecule has 1 heterocycles. The van der Waals surface area contributed by atoms with E-state index in [1.165, 1.54) is 5.56 Å². The van der Waals surface area contributed by atoms with Crippen molar-refractivity contribution in [2.75, 3.05) is 18.4 Å². The number of nitrogens with zero attached hydrogens (tertiary/aromatic N) is 1. The molecule has 1 saturated heterocycles. The lowest BCUT2D eigenvalue weighted by Gasteiger charge is -2.19. The summed E-state index contributed by atoms with van der Waals surface area (Å²) in [4.78, 5) is 12.9. The van der Waals surface area contributed by atoms with Crippen molar-refractivity contribution in [3.8, 4) is 17.6 Å². The summed E-state index contributed by atoms with van der Waals surface area (Å²) >= 11 is 0. The van der Waals surface area contributed by atoms with Crippen LogP contribution in [0.15, 0.2) is 78.9 Å². The summed E-state index contributed by atoms with van der Waals surface area (Å²) in [5.41, 5.74) is 2.45. The number of benzene rings is 3. The Morgan fingerprint density at radius 2 is 1.76 bits per heavy atom. The van der Waals surface area contributed by atoms with Crippen molar-refractivity contribution in [2.24, 2.45) is 5.92 Å². The van der Waals surface area contributed by atoms with Gasteiger partial charge in [0, 0.05) is 30.8 Å². The van der Waals surface area contributed by atoms with E-state index in [0.717, 1.165) is 6.54 Å². The van der Waals surface area contributed by atoms with E-state index in [9.17, 15) is 4.79 Å². The van der Waals surface area contributed by atoms with Crippen LogP contribution in [0, 0.1) is 17.2 Å². The summed E-state index contributed by atoms with van der Waals surface area (Å²) in [6, 6.07) is 26.5. The lowest BCUT2D eigenvalue weighted by Crippen LogP contribution is -2.28. The van der Waals surface area contributed by atoms with E-state index in [1.54, 1.807) is 30.3 Å². The maximum atomic E-state index is 12.9. The molecule has 3 aromatic carbocycles. The molecule has 5 nitrogen and oxygen atoms in total. The number of amides is 1. The maximum absolute atomic E-state index is 12.9. The van der Waals surface area contributed by atoms with Crippen molar-refractivity contribution in [3.63, 3.8) is 0 Å². The lowest BCUT2D eigenvalue weighted by atomic mass is 9.88. The largest absolute Gasteiger partial charge is 0.457 e. The van der Waals surface area contributed by atoms with E-state index in [0.29, 0.717) is 29.3 Å². The van der Waals surface area contributed by atoms with Gasteiger partial charge in [0.1, 0.15) is 11.5 Å². The van der Waals surface area contributed by atoms with Crippen molar-refractivity contribution in [3.05, 3.63) is 90.0 Å². The molecular weight excluding hydrogens is 362 g/mol. The van der Waals surface area contributed by atoms with Gasteiger partial charge >= 0.3 is 0 Å². The van der Waals surface area contributed by atoms with Gasteiger partial charge in [-0.2, -0.15) is 5.26 Å². The standard InChI is InChI=1S/C24H21N3O2/c25-14-17-9-11-20(12-10-17)29-21-8-4-7-19(13-21)27-24(28)23-16-26-15-22(23)18-5-2-1-3-6-18/h1-13,22-23,26H,15-16H2,(H,27,28)/t22?,23-/m0/s1. The number of ether oxygens (including phenoxy) is 1. The number of hydrogen-bond donors (Lipinski definition) is 2. The molecule has 144 valence electrons. The predicted octanol–water partition coefficient (Wildman–Crippen LogP) is 4.29. The predicted molar refractivity (Wildman–Crippen MR) is 112 cm³/mol. The van der Waals surface area contributed by atoms with Gasteiger partial charge < -0.3 is 15.4 Å². The highest BCUT2D eigenvalue weighted by atomic mass is 16.5. The molecule has 0 aromatic heterocycles. The van der Waals surface area contributed by atoms with Crippen LogP contribution in [0.3, 0.4) is 0 Å². The third kappa shape index (κ3) is 4.45. The van der Waals surface area contributed by atoms with Crippen LogP contribution in [0.5, 0.6) is 11.5 Å². The monoisotopic (exact) mass is 383 g/mol. The second-order valence-electron chi connectivity index (χ2n) is 7.04. The number of carbonyl (C=O) groups is 1. The summed E-state index contributed by atoms with van der Waals surface area (Å²) in [5.74, 6) is 1.29. The molecule has 1 unspecified atom stereocenters. The smallest absolute Gasteiger partial charge is 0.229 e. The Morgan fingerprint density at radius 3 is 2.52 bits per heavy atom. The molecule has 1 amide bonds. The third-order valence-corrected chi connectivity index (χ3v) is 5.10. The van der Waals surface area contributed by atoms with Gasteiger partial charge in [0.05, 0.1) is 17.6 Å². The minimum atomic E-state index is -0.125. The number of anilines is 1. The molecule has 0 spiro atoms. The van der Waals surface area contributed by atoms with Crippen LogP contribution in [0.25, 0.3) is 0 Å². The van der Waals surface area contributed by atoms with Crippen molar-refractivity contribution >= 4 is 11.6 Å². The molecule has 29 heavy (non-hydrogen) atoms. The molecule has 1 aliphatic heterocycles. The molecule has 2 N–H and O–H groups in total. The third-order valence-electron chi connectivity index (χ3n) is 5.10. The van der Waals surface area contributed by atoms with Crippen LogP contribution >= 0.6 is 0 Å². The summed E-state index contributed by atoms with van der Waals surface area (Å²) in [7, 11) is 0. The molecule has 5 heteroatoms. The first-order chi connectivity index (χ1) is 14.2. The molecule has 2 atom stereocenters. The van der Waals surface area contributed by atoms with Crippen LogP contribution in [0.4, 0.5) is 5.69 Å². The molecular formula is C24H21N3O2. The molecule has 0 saturated carbocycles. The van der Waals surface area contributed by atoms with Crippen molar-refractivity contribution in [1.29, 1.82) is 5.26 Å². The van der Waals surface area contributed by atoms with Gasteiger partial charge in [-0.15, -0.1) is 0 Å². The van der Waals surface area contributed by atoms with E-state index >= 15 is 0 Å². The Hall–Kier alpha value is -3.62. The molecule has 1 fully saturated rings. The minimum absolute atomic E-state index is 0.000578. The zero-order valence-corrected chi connectivity index (χ0v) is 15.8. The van der Waals surface area contributed by atoms with Gasteiger partial charge in [0.15, 0.2) is 0 Å². The molecule has 1 aliphatic rings. The number of rotatable bonds is 5. The first kappa shape index (κ1) is 18.7. The number of carbonyl (C=O) groups excluding carboxylic acids is 1. The van der Waals surface area contributed by atoms with E-state index in [1.807, 2.05) is 36.4 Å². The quantitative estimate of drug-likeness (QED) is 0.689. The lowest BCUT2D eigenvalue weighted by molar-refractivity contribution is -0.119. The normalized spacial score (nSPS) is 18.0. The average molecular weight is 383 g/mol. The fourth-order valence-electron chi connectivity index (χ4n) is 3.61. The van der Waals surface area contributed by atoms with Gasteiger partial charge in [-0.25, -0.2) is 0 Å². The number of nitriles is 1. The van der Waals surface area contributed by atoms with Crippen molar-refractivity contribution in [2.45, 2.75) is 5.92 Å². The fourth-order valence-corrected chi connectivity index (χ4v) is 3.61. The fraction of sp³-hybridized carbons (Fsp3) is 0.167. The van der Waals surface area contributed by atoms with Crippen LogP contribution in [0.1, 0.15) is 17.0 Å². The Kier molecular flexibility index (Phi) is 5.55. The highest BCUT2D eigenvalue weighted by Gasteiger charge is 2.33. The van der Waals surface area contributed by atoms with Crippen molar-refractivity contribution < 1.29 is 9.53 Å². The van der Waals surface area contributed by atoms with Gasteiger partial charge in [-0.1, -0.05) is 36.4 Å². The topological polar surface area (TPSA) is 74.1 Å². The number of nitrogens with one attached hydrogen (secondary N) is 2. The van der Waals surface area contributed by atoms with Crippen LogP contribution in [-0.4, -0.2) is 19.0 Å². The zero-order valence-electron chi connectivity index (χ0n) is 15.8. The minimum Gasteiger partial charge on any atom is -0.457 e. The second-order valence-corrected chi connectivity index (χ2v) is 7.04.